The number of nitrogens with two attached hydrogens (primary N) is 1. The fourth-order valence-electron chi connectivity index (χ4n) is 1.21. The van der Waals surface area contributed by atoms with Crippen LogP contribution in [0.15, 0.2) is 29.4 Å². The minimum absolute atomic E-state index is 0.188. The van der Waals surface area contributed by atoms with Crippen LogP contribution >= 0.6 is 0 Å². The first kappa shape index (κ1) is 11.3. The van der Waals surface area contributed by atoms with Gasteiger partial charge in [0.25, 0.3) is 0 Å². The van der Waals surface area contributed by atoms with Crippen molar-refractivity contribution in [3.05, 3.63) is 40.3 Å². The van der Waals surface area contributed by atoms with Gasteiger partial charge in [0.05, 0.1) is 12.6 Å². The van der Waals surface area contributed by atoms with Gasteiger partial charge in [-0.25, -0.2) is 0 Å². The van der Waals surface area contributed by atoms with E-state index >= 15 is 0 Å². The molecule has 1 aromatic rings. The van der Waals surface area contributed by atoms with Gasteiger partial charge in [0.15, 0.2) is 0 Å². The Bertz CT molecular complexity index is 376. The molecule has 0 spiro atoms. The molecule has 0 aromatic heterocycles. The molecule has 6 nitrogen and oxygen atoms in total. The van der Waals surface area contributed by atoms with Gasteiger partial charge in [-0.2, -0.15) is 0 Å². The fraction of sp³-hybridized carbons (Fsp3) is 0.333. The molecule has 4 N–H and O–H groups in total. The normalized spacial score (nSPS) is 14.0. The van der Waals surface area contributed by atoms with Gasteiger partial charge in [-0.3, -0.25) is 0 Å². The maximum absolute atomic E-state index is 9.68. The molecule has 1 aromatic carbocycles. The van der Waals surface area contributed by atoms with E-state index in [1.807, 2.05) is 0 Å². The largest absolute Gasteiger partial charge is 0.398 e. The third-order valence-electron chi connectivity index (χ3n) is 2.01. The molecule has 0 radical (unpaired) electrons. The molecule has 0 fully saturated rings. The Morgan fingerprint density at radius 1 is 1.40 bits per heavy atom. The maximum Gasteiger partial charge on any atom is 0.107 e. The topological polar surface area (TPSA) is 115 Å². The highest BCUT2D eigenvalue weighted by molar-refractivity contribution is 5.47. The number of anilines is 1. The highest BCUT2D eigenvalue weighted by Gasteiger charge is 2.19. The van der Waals surface area contributed by atoms with E-state index in [1.165, 1.54) is 0 Å². The van der Waals surface area contributed by atoms with Crippen LogP contribution in [0.3, 0.4) is 0 Å². The quantitative estimate of drug-likeness (QED) is 0.296. The Morgan fingerprint density at radius 2 is 2.07 bits per heavy atom. The van der Waals surface area contributed by atoms with Crippen molar-refractivity contribution in [1.82, 2.24) is 0 Å². The lowest BCUT2D eigenvalue weighted by Gasteiger charge is -2.17. The van der Waals surface area contributed by atoms with Crippen molar-refractivity contribution < 1.29 is 10.2 Å². The van der Waals surface area contributed by atoms with Gasteiger partial charge in [-0.15, -0.1) is 0 Å². The van der Waals surface area contributed by atoms with Gasteiger partial charge in [-0.1, -0.05) is 23.3 Å². The van der Waals surface area contributed by atoms with Crippen LogP contribution in [0.1, 0.15) is 11.7 Å². The first-order chi connectivity index (χ1) is 7.16. The van der Waals surface area contributed by atoms with Crippen LogP contribution in [0.5, 0.6) is 0 Å². The van der Waals surface area contributed by atoms with Gasteiger partial charge in [0.2, 0.25) is 0 Å². The van der Waals surface area contributed by atoms with Crippen molar-refractivity contribution in [3.8, 4) is 0 Å². The van der Waals surface area contributed by atoms with E-state index in [9.17, 15) is 10.2 Å². The Hall–Kier alpha value is -1.75. The molecule has 6 heteroatoms. The van der Waals surface area contributed by atoms with Gasteiger partial charge < -0.3 is 15.9 Å². The number of para-hydroxylation sites is 1. The molecule has 2 unspecified atom stereocenters. The molecule has 0 aliphatic carbocycles. The van der Waals surface area contributed by atoms with Gasteiger partial charge in [-0.05, 0) is 11.6 Å². The van der Waals surface area contributed by atoms with E-state index in [1.54, 1.807) is 24.3 Å². The summed E-state index contributed by atoms with van der Waals surface area (Å²) in [5, 5.41) is 22.3. The summed E-state index contributed by atoms with van der Waals surface area (Å²) in [5.74, 6) is 0. The summed E-state index contributed by atoms with van der Waals surface area (Å²) >= 11 is 0. The Morgan fingerprint density at radius 3 is 2.67 bits per heavy atom. The average molecular weight is 208 g/mol. The lowest BCUT2D eigenvalue weighted by atomic mass is 10.0. The molecule has 2 atom stereocenters. The second-order valence-corrected chi connectivity index (χ2v) is 3.05. The van der Waals surface area contributed by atoms with Crippen LogP contribution in [0, 0.1) is 0 Å². The summed E-state index contributed by atoms with van der Waals surface area (Å²) in [4.78, 5) is 2.50. The van der Waals surface area contributed by atoms with Crippen molar-refractivity contribution in [2.24, 2.45) is 5.11 Å². The zero-order valence-corrected chi connectivity index (χ0v) is 7.98. The second-order valence-electron chi connectivity index (χ2n) is 3.05. The zero-order chi connectivity index (χ0) is 11.3. The van der Waals surface area contributed by atoms with Crippen LogP contribution in [0.2, 0.25) is 0 Å². The monoisotopic (exact) mass is 208 g/mol. The van der Waals surface area contributed by atoms with Crippen LogP contribution in [0.4, 0.5) is 5.69 Å². The highest BCUT2D eigenvalue weighted by Crippen LogP contribution is 2.22. The molecule has 0 saturated carbocycles. The number of benzene rings is 1. The molecule has 0 saturated heterocycles. The summed E-state index contributed by atoms with van der Waals surface area (Å²) in [6.45, 7) is -0.188. The smallest absolute Gasteiger partial charge is 0.107 e. The fourth-order valence-corrected chi connectivity index (χ4v) is 1.21. The van der Waals surface area contributed by atoms with Crippen molar-refractivity contribution in [1.29, 1.82) is 0 Å². The summed E-state index contributed by atoms with van der Waals surface area (Å²) in [5.41, 5.74) is 14.5. The van der Waals surface area contributed by atoms with Crippen LogP contribution < -0.4 is 5.73 Å². The Balaban J connectivity index is 2.79. The van der Waals surface area contributed by atoms with Crippen molar-refractivity contribution in [2.75, 3.05) is 12.3 Å². The number of nitrogen functional groups attached to an aromatic ring is 1. The van der Waals surface area contributed by atoms with Crippen LogP contribution in [0.25, 0.3) is 10.4 Å². The number of aliphatic hydroxyl groups is 2. The molecule has 80 valence electrons. The Kier molecular flexibility index (Phi) is 3.93. The number of azide groups is 1. The van der Waals surface area contributed by atoms with Gasteiger partial charge >= 0.3 is 0 Å². The minimum Gasteiger partial charge on any atom is -0.398 e. The van der Waals surface area contributed by atoms with E-state index in [-0.39, 0.29) is 6.54 Å². The first-order valence-corrected chi connectivity index (χ1v) is 4.38. The van der Waals surface area contributed by atoms with E-state index in [0.717, 1.165) is 0 Å². The van der Waals surface area contributed by atoms with E-state index in [4.69, 9.17) is 11.3 Å². The lowest BCUT2D eigenvalue weighted by molar-refractivity contribution is 0.0248. The maximum atomic E-state index is 9.68. The number of nitrogens with zero attached hydrogens (tertiary/aromatic N) is 3. The second kappa shape index (κ2) is 5.21. The first-order valence-electron chi connectivity index (χ1n) is 4.38. The van der Waals surface area contributed by atoms with Crippen molar-refractivity contribution in [2.45, 2.75) is 12.2 Å². The van der Waals surface area contributed by atoms with E-state index in [2.05, 4.69) is 10.0 Å². The molecule has 1 rings (SSSR count). The summed E-state index contributed by atoms with van der Waals surface area (Å²) < 4.78 is 0. The van der Waals surface area contributed by atoms with Crippen molar-refractivity contribution in [3.63, 3.8) is 0 Å². The SMILES string of the molecule is [N-]=[N+]=NCC(O)C(O)c1ccccc1N. The number of aliphatic hydroxyl groups excluding tert-OH is 2. The number of hydrogen-bond donors (Lipinski definition) is 3. The third-order valence-corrected chi connectivity index (χ3v) is 2.01. The van der Waals surface area contributed by atoms with Crippen LogP contribution in [-0.4, -0.2) is 22.9 Å². The number of hydrogen-bond acceptors (Lipinski definition) is 4. The van der Waals surface area contributed by atoms with E-state index < -0.39 is 12.2 Å². The predicted octanol–water partition coefficient (Wildman–Crippen LogP) is 0.973. The highest BCUT2D eigenvalue weighted by atomic mass is 16.3. The van der Waals surface area contributed by atoms with E-state index in [0.29, 0.717) is 11.3 Å². The van der Waals surface area contributed by atoms with Crippen molar-refractivity contribution >= 4 is 5.69 Å². The molecular formula is C9H12N4O2. The van der Waals surface area contributed by atoms with Gasteiger partial charge in [0, 0.05) is 16.2 Å². The average Bonchev–Trinajstić information content (AvgIpc) is 2.25. The zero-order valence-electron chi connectivity index (χ0n) is 7.98. The third kappa shape index (κ3) is 2.85. The number of rotatable bonds is 4. The molecule has 0 aliphatic heterocycles. The molecule has 15 heavy (non-hydrogen) atoms. The van der Waals surface area contributed by atoms with Crippen LogP contribution in [-0.2, 0) is 0 Å². The molecule has 0 bridgehead atoms. The summed E-state index contributed by atoms with van der Waals surface area (Å²) in [6.07, 6.45) is -2.29. The standard InChI is InChI=1S/C9H12N4O2/c10-7-4-2-1-3-6(7)9(15)8(14)5-12-13-11/h1-4,8-9,14-15H,5,10H2. The molecule has 0 aliphatic rings. The molecule has 0 heterocycles. The minimum atomic E-state index is -1.15. The lowest BCUT2D eigenvalue weighted by Crippen LogP contribution is -2.21. The molecule has 0 amide bonds. The summed E-state index contributed by atoms with van der Waals surface area (Å²) in [6, 6.07) is 6.67. The van der Waals surface area contributed by atoms with Gasteiger partial charge in [0.1, 0.15) is 6.10 Å². The molecular weight excluding hydrogens is 196 g/mol. The predicted molar refractivity (Wildman–Crippen MR) is 55.8 cm³/mol. The Labute approximate surface area is 86.6 Å². The summed E-state index contributed by atoms with van der Waals surface area (Å²) in [7, 11) is 0.